The van der Waals surface area contributed by atoms with Gasteiger partial charge in [0.15, 0.2) is 0 Å². The van der Waals surface area contributed by atoms with E-state index in [1.807, 2.05) is 60.7 Å². The minimum Gasteiger partial charge on any atom is -0.459 e. The molecule has 0 spiro atoms. The minimum absolute atomic E-state index is 0.168. The number of esters is 1. The Kier molecular flexibility index (Phi) is 7.20. The Balaban J connectivity index is 2.12. The van der Waals surface area contributed by atoms with Gasteiger partial charge in [0, 0.05) is 0 Å². The van der Waals surface area contributed by atoms with E-state index >= 15 is 0 Å². The molecule has 134 valence electrons. The first-order chi connectivity index (χ1) is 12.2. The first-order valence-electron chi connectivity index (χ1n) is 9.27. The fourth-order valence-electron chi connectivity index (χ4n) is 3.32. The molecule has 2 aromatic carbocycles. The van der Waals surface area contributed by atoms with E-state index in [9.17, 15) is 4.79 Å². The lowest BCUT2D eigenvalue weighted by Crippen LogP contribution is -2.49. The summed E-state index contributed by atoms with van der Waals surface area (Å²) in [5.41, 5.74) is 1.95. The van der Waals surface area contributed by atoms with Crippen molar-refractivity contribution >= 4 is 5.97 Å². The number of quaternary nitrogens is 1. The van der Waals surface area contributed by atoms with Gasteiger partial charge in [0.05, 0.1) is 19.6 Å². The first kappa shape index (κ1) is 19.2. The summed E-state index contributed by atoms with van der Waals surface area (Å²) in [5.74, 6) is -0.534. The Hall–Kier alpha value is -2.13. The summed E-state index contributed by atoms with van der Waals surface area (Å²) in [6, 6.07) is 19.7. The van der Waals surface area contributed by atoms with Gasteiger partial charge in [-0.3, -0.25) is 4.79 Å². The number of hydrogen-bond donors (Lipinski definition) is 0. The van der Waals surface area contributed by atoms with Crippen LogP contribution in [0.3, 0.4) is 0 Å². The Bertz CT molecular complexity index is 588. The molecule has 25 heavy (non-hydrogen) atoms. The van der Waals surface area contributed by atoms with Crippen molar-refractivity contribution in [3.8, 4) is 0 Å². The fourth-order valence-corrected chi connectivity index (χ4v) is 3.32. The maximum absolute atomic E-state index is 12.9. The first-order valence-corrected chi connectivity index (χ1v) is 9.27. The zero-order valence-corrected chi connectivity index (χ0v) is 15.7. The molecule has 0 unspecified atom stereocenters. The van der Waals surface area contributed by atoms with Crippen molar-refractivity contribution in [1.82, 2.24) is 0 Å². The second-order valence-corrected chi connectivity index (χ2v) is 6.44. The largest absolute Gasteiger partial charge is 0.459 e. The number of carbonyl (C=O) groups excluding carboxylic acids is 1. The topological polar surface area (TPSA) is 26.3 Å². The highest BCUT2D eigenvalue weighted by molar-refractivity contribution is 5.82. The van der Waals surface area contributed by atoms with E-state index in [0.29, 0.717) is 6.61 Å². The van der Waals surface area contributed by atoms with E-state index in [0.717, 1.165) is 41.8 Å². The number of likely N-dealkylation sites (N-methyl/N-ethyl adjacent to an activating group) is 1. The molecular formula is C22H30NO2+. The van der Waals surface area contributed by atoms with Gasteiger partial charge in [0.2, 0.25) is 0 Å². The lowest BCUT2D eigenvalue weighted by atomic mass is 9.91. The normalized spacial score (nSPS) is 11.5. The summed E-state index contributed by atoms with van der Waals surface area (Å²) in [6.45, 7) is 11.1. The predicted molar refractivity (Wildman–Crippen MR) is 102 cm³/mol. The SMILES string of the molecule is CC[N+](CC)(CC)CCOC(=O)C(c1ccccc1)c1ccccc1. The highest BCUT2D eigenvalue weighted by Gasteiger charge is 2.26. The lowest BCUT2D eigenvalue weighted by molar-refractivity contribution is -0.923. The van der Waals surface area contributed by atoms with Gasteiger partial charge in [0.1, 0.15) is 19.1 Å². The quantitative estimate of drug-likeness (QED) is 0.504. The van der Waals surface area contributed by atoms with Crippen LogP contribution < -0.4 is 0 Å². The Morgan fingerprint density at radius 2 is 1.28 bits per heavy atom. The number of ether oxygens (including phenoxy) is 1. The van der Waals surface area contributed by atoms with Crippen LogP contribution >= 0.6 is 0 Å². The van der Waals surface area contributed by atoms with Gasteiger partial charge >= 0.3 is 5.97 Å². The van der Waals surface area contributed by atoms with E-state index in [1.165, 1.54) is 0 Å². The maximum Gasteiger partial charge on any atom is 0.318 e. The summed E-state index contributed by atoms with van der Waals surface area (Å²) < 4.78 is 6.70. The van der Waals surface area contributed by atoms with Crippen molar-refractivity contribution in [2.75, 3.05) is 32.8 Å². The second kappa shape index (κ2) is 9.38. The van der Waals surface area contributed by atoms with Gasteiger partial charge in [-0.05, 0) is 31.9 Å². The Labute approximate surface area is 151 Å². The zero-order valence-electron chi connectivity index (χ0n) is 15.7. The predicted octanol–water partition coefficient (Wildman–Crippen LogP) is 4.24. The summed E-state index contributed by atoms with van der Waals surface area (Å²) in [7, 11) is 0. The van der Waals surface area contributed by atoms with E-state index in [2.05, 4.69) is 20.8 Å². The highest BCUT2D eigenvalue weighted by atomic mass is 16.5. The van der Waals surface area contributed by atoms with Crippen LogP contribution in [0.15, 0.2) is 60.7 Å². The molecule has 0 atom stereocenters. The van der Waals surface area contributed by atoms with Gasteiger partial charge in [-0.2, -0.15) is 0 Å². The van der Waals surface area contributed by atoms with Crippen LogP contribution in [-0.4, -0.2) is 43.2 Å². The van der Waals surface area contributed by atoms with Gasteiger partial charge in [-0.25, -0.2) is 0 Å². The van der Waals surface area contributed by atoms with Crippen LogP contribution in [0.5, 0.6) is 0 Å². The molecule has 0 radical (unpaired) electrons. The molecule has 0 aliphatic carbocycles. The molecule has 2 rings (SSSR count). The molecule has 3 nitrogen and oxygen atoms in total. The average Bonchev–Trinajstić information content (AvgIpc) is 2.68. The number of rotatable bonds is 9. The van der Waals surface area contributed by atoms with Gasteiger partial charge in [-0.1, -0.05) is 60.7 Å². The third-order valence-corrected chi connectivity index (χ3v) is 5.32. The van der Waals surface area contributed by atoms with Gasteiger partial charge < -0.3 is 9.22 Å². The van der Waals surface area contributed by atoms with E-state index < -0.39 is 0 Å². The standard InChI is InChI=1S/C22H30NO2/c1-4-23(5-2,6-3)17-18-25-22(24)21(19-13-9-7-10-14-19)20-15-11-8-12-16-20/h7-16,21H,4-6,17-18H2,1-3H3/q+1. The van der Waals surface area contributed by atoms with Crippen LogP contribution in [0.25, 0.3) is 0 Å². The van der Waals surface area contributed by atoms with E-state index in [1.54, 1.807) is 0 Å². The molecule has 0 aliphatic heterocycles. The number of hydrogen-bond acceptors (Lipinski definition) is 2. The molecule has 3 heteroatoms. The Morgan fingerprint density at radius 1 is 0.840 bits per heavy atom. The monoisotopic (exact) mass is 340 g/mol. The van der Waals surface area contributed by atoms with Crippen LogP contribution in [0.2, 0.25) is 0 Å². The van der Waals surface area contributed by atoms with E-state index in [-0.39, 0.29) is 11.9 Å². The number of carbonyl (C=O) groups is 1. The smallest absolute Gasteiger partial charge is 0.318 e. The maximum atomic E-state index is 12.9. The van der Waals surface area contributed by atoms with Crippen molar-refractivity contribution in [3.63, 3.8) is 0 Å². The van der Waals surface area contributed by atoms with Crippen molar-refractivity contribution in [3.05, 3.63) is 71.8 Å². The van der Waals surface area contributed by atoms with Crippen molar-refractivity contribution in [2.45, 2.75) is 26.7 Å². The summed E-state index contributed by atoms with van der Waals surface area (Å²) in [4.78, 5) is 12.9. The molecule has 0 saturated carbocycles. The summed E-state index contributed by atoms with van der Waals surface area (Å²) in [5, 5.41) is 0. The number of benzene rings is 2. The molecule has 0 N–H and O–H groups in total. The molecule has 2 aromatic rings. The molecule has 0 bridgehead atoms. The van der Waals surface area contributed by atoms with Crippen molar-refractivity contribution in [2.24, 2.45) is 0 Å². The number of nitrogens with zero attached hydrogens (tertiary/aromatic N) is 1. The minimum atomic E-state index is -0.367. The third-order valence-electron chi connectivity index (χ3n) is 5.32. The lowest BCUT2D eigenvalue weighted by Gasteiger charge is -2.35. The van der Waals surface area contributed by atoms with Crippen LogP contribution in [0, 0.1) is 0 Å². The van der Waals surface area contributed by atoms with Crippen LogP contribution in [0.4, 0.5) is 0 Å². The fraction of sp³-hybridized carbons (Fsp3) is 0.409. The average molecular weight is 340 g/mol. The van der Waals surface area contributed by atoms with E-state index in [4.69, 9.17) is 4.74 Å². The summed E-state index contributed by atoms with van der Waals surface area (Å²) in [6.07, 6.45) is 0. The van der Waals surface area contributed by atoms with Crippen LogP contribution in [-0.2, 0) is 9.53 Å². The molecule has 0 aliphatic rings. The molecule has 0 saturated heterocycles. The van der Waals surface area contributed by atoms with Crippen LogP contribution in [0.1, 0.15) is 37.8 Å². The third kappa shape index (κ3) is 4.93. The second-order valence-electron chi connectivity index (χ2n) is 6.44. The molecule has 0 fully saturated rings. The zero-order chi connectivity index (χ0) is 18.1. The highest BCUT2D eigenvalue weighted by Crippen LogP contribution is 2.26. The molecule has 0 amide bonds. The molecular weight excluding hydrogens is 310 g/mol. The Morgan fingerprint density at radius 3 is 1.68 bits per heavy atom. The summed E-state index contributed by atoms with van der Waals surface area (Å²) >= 11 is 0. The molecule has 0 aromatic heterocycles. The molecule has 0 heterocycles. The van der Waals surface area contributed by atoms with Crippen molar-refractivity contribution < 1.29 is 14.0 Å². The van der Waals surface area contributed by atoms with Gasteiger partial charge in [0.25, 0.3) is 0 Å². The van der Waals surface area contributed by atoms with Gasteiger partial charge in [-0.15, -0.1) is 0 Å². The van der Waals surface area contributed by atoms with Crippen molar-refractivity contribution in [1.29, 1.82) is 0 Å².